The summed E-state index contributed by atoms with van der Waals surface area (Å²) in [5, 5.41) is 16.1. The molecule has 0 aliphatic carbocycles. The molecule has 4 rings (SSSR count). The summed E-state index contributed by atoms with van der Waals surface area (Å²) in [5.74, 6) is -2.06. The van der Waals surface area contributed by atoms with Gasteiger partial charge in [0.15, 0.2) is 0 Å². The number of carboxylic acid groups (broad SMARTS) is 1. The lowest BCUT2D eigenvalue weighted by atomic mass is 10.1. The van der Waals surface area contributed by atoms with Gasteiger partial charge in [-0.25, -0.2) is 14.5 Å². The van der Waals surface area contributed by atoms with E-state index in [0.717, 1.165) is 26.5 Å². The van der Waals surface area contributed by atoms with E-state index in [4.69, 9.17) is 5.11 Å². The highest BCUT2D eigenvalue weighted by Crippen LogP contribution is 2.28. The molecule has 1 saturated heterocycles. The van der Waals surface area contributed by atoms with E-state index in [1.807, 2.05) is 24.4 Å². The standard InChI is InChI=1S/C24H19N3O5S/c1-14-3-2-4-18(9-14)25-21(28)12-27-22(29)20(26-24(27)32)11-19-10-17(13-33-19)15-5-7-16(8-6-15)23(30)31/h2-11,13H,12H2,1H3,(H,25,28)(H,26,32)(H,30,31). The average molecular weight is 461 g/mol. The minimum atomic E-state index is -0.995. The summed E-state index contributed by atoms with van der Waals surface area (Å²) in [6.07, 6.45) is 1.55. The number of carbonyl (C=O) groups is 4. The van der Waals surface area contributed by atoms with Crippen LogP contribution in [-0.4, -0.2) is 40.4 Å². The van der Waals surface area contributed by atoms with Crippen LogP contribution in [0.1, 0.15) is 20.8 Å². The first-order valence-electron chi connectivity index (χ1n) is 9.93. The van der Waals surface area contributed by atoms with Crippen molar-refractivity contribution < 1.29 is 24.3 Å². The number of thiophene rings is 1. The molecule has 0 unspecified atom stereocenters. The number of hydrogen-bond donors (Lipinski definition) is 3. The number of rotatable bonds is 6. The molecule has 3 aromatic rings. The molecule has 1 aromatic heterocycles. The van der Waals surface area contributed by atoms with Gasteiger partial charge in [0.25, 0.3) is 5.91 Å². The number of carboxylic acids is 1. The summed E-state index contributed by atoms with van der Waals surface area (Å²) >= 11 is 1.37. The smallest absolute Gasteiger partial charge is 0.335 e. The predicted molar refractivity (Wildman–Crippen MR) is 125 cm³/mol. The van der Waals surface area contributed by atoms with Gasteiger partial charge in [-0.1, -0.05) is 24.3 Å². The molecular weight excluding hydrogens is 442 g/mol. The number of urea groups is 1. The molecule has 166 valence electrons. The lowest BCUT2D eigenvalue weighted by Gasteiger charge is -2.12. The molecule has 2 heterocycles. The third kappa shape index (κ3) is 4.99. The number of anilines is 1. The fourth-order valence-corrected chi connectivity index (χ4v) is 4.16. The van der Waals surface area contributed by atoms with Crippen molar-refractivity contribution in [1.82, 2.24) is 10.2 Å². The monoisotopic (exact) mass is 461 g/mol. The number of imide groups is 1. The number of benzene rings is 2. The Hall–Kier alpha value is -4.24. The number of nitrogens with one attached hydrogen (secondary N) is 2. The van der Waals surface area contributed by atoms with Crippen LogP contribution in [0.3, 0.4) is 0 Å². The van der Waals surface area contributed by atoms with Gasteiger partial charge in [0.2, 0.25) is 5.91 Å². The molecule has 1 aliphatic heterocycles. The summed E-state index contributed by atoms with van der Waals surface area (Å²) in [6, 6.07) is 14.8. The fourth-order valence-electron chi connectivity index (χ4n) is 3.31. The first-order chi connectivity index (χ1) is 15.8. The molecule has 0 spiro atoms. The number of aromatic carboxylic acids is 1. The highest BCUT2D eigenvalue weighted by Gasteiger charge is 2.35. The predicted octanol–water partition coefficient (Wildman–Crippen LogP) is 3.95. The highest BCUT2D eigenvalue weighted by atomic mass is 32.1. The van der Waals surface area contributed by atoms with Crippen molar-refractivity contribution in [1.29, 1.82) is 0 Å². The van der Waals surface area contributed by atoms with Gasteiger partial charge in [0.1, 0.15) is 12.2 Å². The van der Waals surface area contributed by atoms with Gasteiger partial charge < -0.3 is 15.7 Å². The third-order valence-electron chi connectivity index (χ3n) is 4.94. The average Bonchev–Trinajstić information content (AvgIpc) is 3.34. The van der Waals surface area contributed by atoms with E-state index < -0.39 is 30.4 Å². The molecule has 0 bridgehead atoms. The molecular formula is C24H19N3O5S. The Morgan fingerprint density at radius 2 is 1.85 bits per heavy atom. The Labute approximate surface area is 193 Å². The van der Waals surface area contributed by atoms with Crippen molar-refractivity contribution in [2.75, 3.05) is 11.9 Å². The van der Waals surface area contributed by atoms with Crippen LogP contribution >= 0.6 is 11.3 Å². The minimum absolute atomic E-state index is 0.0815. The zero-order valence-electron chi connectivity index (χ0n) is 17.5. The molecule has 33 heavy (non-hydrogen) atoms. The Kier molecular flexibility index (Phi) is 6.05. The maximum absolute atomic E-state index is 12.7. The Balaban J connectivity index is 1.44. The van der Waals surface area contributed by atoms with E-state index in [9.17, 15) is 19.2 Å². The van der Waals surface area contributed by atoms with Crippen molar-refractivity contribution in [2.24, 2.45) is 0 Å². The van der Waals surface area contributed by atoms with Gasteiger partial charge in [-0.3, -0.25) is 9.59 Å². The molecule has 1 fully saturated rings. The minimum Gasteiger partial charge on any atom is -0.478 e. The second kappa shape index (κ2) is 9.09. The lowest BCUT2D eigenvalue weighted by Crippen LogP contribution is -2.38. The first-order valence-corrected chi connectivity index (χ1v) is 10.8. The van der Waals surface area contributed by atoms with Crippen LogP contribution in [0.2, 0.25) is 0 Å². The van der Waals surface area contributed by atoms with Gasteiger partial charge in [-0.2, -0.15) is 0 Å². The number of carbonyl (C=O) groups excluding carboxylic acids is 3. The summed E-state index contributed by atoms with van der Waals surface area (Å²) in [6.45, 7) is 1.49. The number of nitrogens with zero attached hydrogens (tertiary/aromatic N) is 1. The van der Waals surface area contributed by atoms with E-state index in [2.05, 4.69) is 10.6 Å². The van der Waals surface area contributed by atoms with Gasteiger partial charge in [-0.15, -0.1) is 11.3 Å². The number of hydrogen-bond acceptors (Lipinski definition) is 5. The third-order valence-corrected chi connectivity index (χ3v) is 5.82. The van der Waals surface area contributed by atoms with Crippen LogP contribution in [0.4, 0.5) is 10.5 Å². The van der Waals surface area contributed by atoms with E-state index >= 15 is 0 Å². The van der Waals surface area contributed by atoms with E-state index in [-0.39, 0.29) is 11.3 Å². The van der Waals surface area contributed by atoms with Crippen LogP contribution in [0, 0.1) is 6.92 Å². The first kappa shape index (κ1) is 22.0. The van der Waals surface area contributed by atoms with Crippen molar-refractivity contribution in [3.05, 3.63) is 81.7 Å². The summed E-state index contributed by atoms with van der Waals surface area (Å²) in [7, 11) is 0. The summed E-state index contributed by atoms with van der Waals surface area (Å²) in [5.41, 5.74) is 3.53. The van der Waals surface area contributed by atoms with Crippen LogP contribution in [0.5, 0.6) is 0 Å². The number of amides is 4. The van der Waals surface area contributed by atoms with Crippen molar-refractivity contribution in [2.45, 2.75) is 6.92 Å². The maximum Gasteiger partial charge on any atom is 0.335 e. The molecule has 0 atom stereocenters. The Morgan fingerprint density at radius 3 is 2.55 bits per heavy atom. The van der Waals surface area contributed by atoms with Crippen LogP contribution in [0.25, 0.3) is 17.2 Å². The number of aryl methyl sites for hydroxylation is 1. The molecule has 2 aromatic carbocycles. The molecule has 3 N–H and O–H groups in total. The molecule has 4 amide bonds. The zero-order valence-corrected chi connectivity index (χ0v) is 18.3. The molecule has 0 saturated carbocycles. The molecule has 8 nitrogen and oxygen atoms in total. The lowest BCUT2D eigenvalue weighted by molar-refractivity contribution is -0.127. The van der Waals surface area contributed by atoms with E-state index in [0.29, 0.717) is 5.69 Å². The van der Waals surface area contributed by atoms with Crippen LogP contribution in [0.15, 0.2) is 65.7 Å². The van der Waals surface area contributed by atoms with Gasteiger partial charge >= 0.3 is 12.0 Å². The SMILES string of the molecule is Cc1cccc(NC(=O)CN2C(=O)NC(=Cc3cc(-c4ccc(C(=O)O)cc4)cs3)C2=O)c1. The van der Waals surface area contributed by atoms with Crippen LogP contribution in [-0.2, 0) is 9.59 Å². The zero-order chi connectivity index (χ0) is 23.5. The Bertz CT molecular complexity index is 1290. The van der Waals surface area contributed by atoms with E-state index in [1.54, 1.807) is 36.4 Å². The quantitative estimate of drug-likeness (QED) is 0.380. The normalized spacial score (nSPS) is 14.5. The summed E-state index contributed by atoms with van der Waals surface area (Å²) < 4.78 is 0. The maximum atomic E-state index is 12.7. The van der Waals surface area contributed by atoms with Gasteiger partial charge in [0.05, 0.1) is 5.56 Å². The second-order valence-electron chi connectivity index (χ2n) is 7.42. The molecule has 9 heteroatoms. The largest absolute Gasteiger partial charge is 0.478 e. The van der Waals surface area contributed by atoms with Crippen molar-refractivity contribution in [3.8, 4) is 11.1 Å². The van der Waals surface area contributed by atoms with Gasteiger partial charge in [0, 0.05) is 10.6 Å². The van der Waals surface area contributed by atoms with Crippen molar-refractivity contribution >= 4 is 46.9 Å². The highest BCUT2D eigenvalue weighted by molar-refractivity contribution is 7.11. The van der Waals surface area contributed by atoms with E-state index in [1.165, 1.54) is 23.5 Å². The van der Waals surface area contributed by atoms with Gasteiger partial charge in [-0.05, 0) is 65.4 Å². The summed E-state index contributed by atoms with van der Waals surface area (Å²) in [4.78, 5) is 49.9. The van der Waals surface area contributed by atoms with Crippen molar-refractivity contribution in [3.63, 3.8) is 0 Å². The second-order valence-corrected chi connectivity index (χ2v) is 8.36. The van der Waals surface area contributed by atoms with Crippen LogP contribution < -0.4 is 10.6 Å². The fraction of sp³-hybridized carbons (Fsp3) is 0.0833. The Morgan fingerprint density at radius 1 is 1.09 bits per heavy atom. The molecule has 1 aliphatic rings. The topological polar surface area (TPSA) is 116 Å². The molecule has 0 radical (unpaired) electrons.